The van der Waals surface area contributed by atoms with Crippen LogP contribution in [0.15, 0.2) is 12.2 Å². The molecule has 1 heterocycles. The minimum atomic E-state index is -0.401. The monoisotopic (exact) mass is 210 g/mol. The molecule has 1 saturated carbocycles. The lowest BCUT2D eigenvalue weighted by molar-refractivity contribution is -0.157. The second-order valence-corrected chi connectivity index (χ2v) is 4.21. The molecule has 0 spiro atoms. The van der Waals surface area contributed by atoms with Gasteiger partial charge in [-0.3, -0.25) is 4.79 Å². The van der Waals surface area contributed by atoms with Crippen molar-refractivity contribution in [2.24, 2.45) is 5.92 Å². The molecule has 82 valence electrons. The Morgan fingerprint density at radius 2 is 2.27 bits per heavy atom. The fourth-order valence-electron chi connectivity index (χ4n) is 2.06. The van der Waals surface area contributed by atoms with Crippen molar-refractivity contribution < 1.29 is 19.1 Å². The molecule has 2 bridgehead atoms. The third-order valence-electron chi connectivity index (χ3n) is 2.94. The number of hydrogen-bond donors (Lipinski definition) is 0. The van der Waals surface area contributed by atoms with E-state index in [9.17, 15) is 9.59 Å². The van der Waals surface area contributed by atoms with Crippen molar-refractivity contribution in [3.63, 3.8) is 0 Å². The zero-order valence-electron chi connectivity index (χ0n) is 8.69. The summed E-state index contributed by atoms with van der Waals surface area (Å²) in [5, 5.41) is 0. The van der Waals surface area contributed by atoms with Gasteiger partial charge in [-0.05, 0) is 19.8 Å². The van der Waals surface area contributed by atoms with Gasteiger partial charge in [0, 0.05) is 12.0 Å². The summed E-state index contributed by atoms with van der Waals surface area (Å²) >= 11 is 0. The summed E-state index contributed by atoms with van der Waals surface area (Å²) in [7, 11) is 0. The zero-order chi connectivity index (χ0) is 11.0. The van der Waals surface area contributed by atoms with Gasteiger partial charge in [0.1, 0.15) is 12.2 Å². The summed E-state index contributed by atoms with van der Waals surface area (Å²) < 4.78 is 10.3. The van der Waals surface area contributed by atoms with Gasteiger partial charge in [-0.1, -0.05) is 6.58 Å². The standard InChI is InChI=1S/C11H14O4/c1-6(2)10(12)14-8-4-3-7-5-9(8)15-11(7)13/h7-9H,1,3-5H2,2H3. The summed E-state index contributed by atoms with van der Waals surface area (Å²) in [6.45, 7) is 5.12. The van der Waals surface area contributed by atoms with E-state index in [4.69, 9.17) is 9.47 Å². The van der Waals surface area contributed by atoms with Crippen molar-refractivity contribution >= 4 is 11.9 Å². The predicted octanol–water partition coefficient (Wildman–Crippen LogP) is 1.20. The zero-order valence-corrected chi connectivity index (χ0v) is 8.69. The molecule has 3 atom stereocenters. The highest BCUT2D eigenvalue weighted by atomic mass is 16.6. The number of carbonyl (C=O) groups excluding carboxylic acids is 2. The fourth-order valence-corrected chi connectivity index (χ4v) is 2.06. The van der Waals surface area contributed by atoms with Crippen LogP contribution in [-0.4, -0.2) is 24.1 Å². The number of carbonyl (C=O) groups is 2. The van der Waals surface area contributed by atoms with Crippen LogP contribution in [-0.2, 0) is 19.1 Å². The van der Waals surface area contributed by atoms with E-state index >= 15 is 0 Å². The summed E-state index contributed by atoms with van der Waals surface area (Å²) in [6, 6.07) is 0. The lowest BCUT2D eigenvalue weighted by Crippen LogP contribution is -2.33. The SMILES string of the molecule is C=C(C)C(=O)OC1CCC2CC1OC2=O. The van der Waals surface area contributed by atoms with Gasteiger partial charge < -0.3 is 9.47 Å². The Bertz CT molecular complexity index is 321. The van der Waals surface area contributed by atoms with E-state index in [1.54, 1.807) is 6.92 Å². The maximum atomic E-state index is 11.3. The predicted molar refractivity (Wildman–Crippen MR) is 51.9 cm³/mol. The second-order valence-electron chi connectivity index (χ2n) is 4.21. The second kappa shape index (κ2) is 3.68. The van der Waals surface area contributed by atoms with Crippen LogP contribution in [0, 0.1) is 5.92 Å². The first-order valence-corrected chi connectivity index (χ1v) is 5.15. The molecule has 2 rings (SSSR count). The van der Waals surface area contributed by atoms with Crippen LogP contribution < -0.4 is 0 Å². The Kier molecular flexibility index (Phi) is 2.50. The van der Waals surface area contributed by atoms with Gasteiger partial charge >= 0.3 is 11.9 Å². The summed E-state index contributed by atoms with van der Waals surface area (Å²) in [5.74, 6) is -0.523. The number of fused-ring (bicyclic) bond motifs is 2. The van der Waals surface area contributed by atoms with E-state index in [1.165, 1.54) is 0 Å². The third-order valence-corrected chi connectivity index (χ3v) is 2.94. The van der Waals surface area contributed by atoms with Crippen LogP contribution in [0.2, 0.25) is 0 Å². The highest BCUT2D eigenvalue weighted by molar-refractivity contribution is 5.87. The van der Waals surface area contributed by atoms with E-state index in [1.807, 2.05) is 0 Å². The molecule has 0 radical (unpaired) electrons. The van der Waals surface area contributed by atoms with Gasteiger partial charge in [-0.2, -0.15) is 0 Å². The Morgan fingerprint density at radius 3 is 2.93 bits per heavy atom. The quantitative estimate of drug-likeness (QED) is 0.507. The Hall–Kier alpha value is -1.32. The van der Waals surface area contributed by atoms with Crippen molar-refractivity contribution in [2.45, 2.75) is 38.4 Å². The molecule has 1 aliphatic carbocycles. The first-order valence-electron chi connectivity index (χ1n) is 5.15. The van der Waals surface area contributed by atoms with Crippen LogP contribution in [0.5, 0.6) is 0 Å². The number of ether oxygens (including phenoxy) is 2. The van der Waals surface area contributed by atoms with E-state index in [2.05, 4.69) is 6.58 Å². The van der Waals surface area contributed by atoms with E-state index < -0.39 is 5.97 Å². The highest BCUT2D eigenvalue weighted by Crippen LogP contribution is 2.35. The average Bonchev–Trinajstić information content (AvgIpc) is 2.48. The fraction of sp³-hybridized carbons (Fsp3) is 0.636. The third kappa shape index (κ3) is 1.89. The van der Waals surface area contributed by atoms with Crippen molar-refractivity contribution in [1.29, 1.82) is 0 Å². The van der Waals surface area contributed by atoms with Crippen molar-refractivity contribution in [3.8, 4) is 0 Å². The number of esters is 2. The van der Waals surface area contributed by atoms with E-state index in [0.717, 1.165) is 6.42 Å². The molecular formula is C11H14O4. The van der Waals surface area contributed by atoms with Gasteiger partial charge in [0.25, 0.3) is 0 Å². The van der Waals surface area contributed by atoms with Crippen LogP contribution in [0.25, 0.3) is 0 Å². The van der Waals surface area contributed by atoms with E-state index in [0.29, 0.717) is 18.4 Å². The summed E-state index contributed by atoms with van der Waals surface area (Å²) in [4.78, 5) is 22.5. The Balaban J connectivity index is 1.97. The first kappa shape index (κ1) is 10.2. The molecule has 0 aromatic carbocycles. The average molecular weight is 210 g/mol. The highest BCUT2D eigenvalue weighted by Gasteiger charge is 2.44. The molecular weight excluding hydrogens is 196 g/mol. The minimum Gasteiger partial charge on any atom is -0.458 e. The van der Waals surface area contributed by atoms with Crippen LogP contribution in [0.1, 0.15) is 26.2 Å². The molecule has 1 aliphatic heterocycles. The van der Waals surface area contributed by atoms with Gasteiger partial charge in [0.05, 0.1) is 5.92 Å². The topological polar surface area (TPSA) is 52.6 Å². The minimum absolute atomic E-state index is 0.0229. The van der Waals surface area contributed by atoms with Gasteiger partial charge in [0.15, 0.2) is 0 Å². The molecule has 0 aromatic rings. The van der Waals surface area contributed by atoms with Crippen LogP contribution in [0.3, 0.4) is 0 Å². The maximum Gasteiger partial charge on any atom is 0.333 e. The van der Waals surface area contributed by atoms with Gasteiger partial charge in [-0.25, -0.2) is 4.79 Å². The Morgan fingerprint density at radius 1 is 1.53 bits per heavy atom. The Labute approximate surface area is 88.2 Å². The van der Waals surface area contributed by atoms with Crippen LogP contribution in [0.4, 0.5) is 0 Å². The molecule has 15 heavy (non-hydrogen) atoms. The smallest absolute Gasteiger partial charge is 0.333 e. The molecule has 0 N–H and O–H groups in total. The van der Waals surface area contributed by atoms with Crippen molar-refractivity contribution in [3.05, 3.63) is 12.2 Å². The molecule has 3 unspecified atom stereocenters. The van der Waals surface area contributed by atoms with Crippen molar-refractivity contribution in [2.75, 3.05) is 0 Å². The number of hydrogen-bond acceptors (Lipinski definition) is 4. The molecule has 4 heteroatoms. The summed E-state index contributed by atoms with van der Waals surface area (Å²) in [6.07, 6.45) is 1.63. The molecule has 2 fully saturated rings. The first-order chi connectivity index (χ1) is 7.08. The lowest BCUT2D eigenvalue weighted by Gasteiger charge is -2.25. The van der Waals surface area contributed by atoms with Gasteiger partial charge in [-0.15, -0.1) is 0 Å². The molecule has 1 saturated heterocycles. The van der Waals surface area contributed by atoms with Crippen LogP contribution >= 0.6 is 0 Å². The lowest BCUT2D eigenvalue weighted by atomic mass is 9.88. The molecule has 4 nitrogen and oxygen atoms in total. The normalized spacial score (nSPS) is 33.4. The van der Waals surface area contributed by atoms with Gasteiger partial charge in [0.2, 0.25) is 0 Å². The molecule has 0 aromatic heterocycles. The molecule has 2 aliphatic rings. The number of rotatable bonds is 2. The maximum absolute atomic E-state index is 11.3. The van der Waals surface area contributed by atoms with E-state index in [-0.39, 0.29) is 24.1 Å². The van der Waals surface area contributed by atoms with Crippen molar-refractivity contribution in [1.82, 2.24) is 0 Å². The largest absolute Gasteiger partial charge is 0.458 e. The summed E-state index contributed by atoms with van der Waals surface area (Å²) in [5.41, 5.74) is 0.376. The molecule has 0 amide bonds.